The Hall–Kier alpha value is -3.99. The first-order valence-electron chi connectivity index (χ1n) is 12.3. The van der Waals surface area contributed by atoms with Crippen molar-refractivity contribution in [1.82, 2.24) is 14.5 Å². The molecule has 37 heavy (non-hydrogen) atoms. The molecule has 2 amide bonds. The van der Waals surface area contributed by atoms with E-state index in [4.69, 9.17) is 20.0 Å². The summed E-state index contributed by atoms with van der Waals surface area (Å²) in [6.45, 7) is 3.95. The van der Waals surface area contributed by atoms with Crippen LogP contribution in [0.25, 0.3) is 11.0 Å². The van der Waals surface area contributed by atoms with E-state index in [-0.39, 0.29) is 16.3 Å². The highest BCUT2D eigenvalue weighted by molar-refractivity contribution is 5.89. The van der Waals surface area contributed by atoms with Gasteiger partial charge in [-0.15, -0.1) is 4.65 Å². The molecule has 1 aromatic heterocycles. The maximum Gasteiger partial charge on any atom is 0.404 e. The largest absolute Gasteiger partial charge is 0.497 e. The molecule has 1 aliphatic rings. The number of para-hydroxylation sites is 2. The number of carbonyl (C=O) groups excluding carboxylic acids is 2. The van der Waals surface area contributed by atoms with E-state index in [0.717, 1.165) is 18.6 Å². The lowest BCUT2D eigenvalue weighted by molar-refractivity contribution is -1.08. The van der Waals surface area contributed by atoms with Crippen molar-refractivity contribution in [2.45, 2.75) is 25.9 Å². The first kappa shape index (κ1) is 26.1. The molecule has 0 bridgehead atoms. The molecular formula is C26H34N5O6+. The Bertz CT molecular complexity index is 1310. The molecule has 1 atom stereocenters. The lowest BCUT2D eigenvalue weighted by Crippen LogP contribution is -2.59. The van der Waals surface area contributed by atoms with Gasteiger partial charge in [-0.25, -0.2) is 19.0 Å². The second kappa shape index (κ2) is 11.0. The average Bonchev–Trinajstić information content (AvgIpc) is 3.13. The zero-order valence-electron chi connectivity index (χ0n) is 21.4. The number of likely N-dealkylation sites (tertiary alicyclic amines) is 1. The molecule has 0 aliphatic carbocycles. The van der Waals surface area contributed by atoms with Crippen molar-refractivity contribution in [2.24, 2.45) is 18.7 Å². The first-order valence-corrected chi connectivity index (χ1v) is 12.3. The molecule has 0 saturated carbocycles. The third-order valence-corrected chi connectivity index (χ3v) is 6.86. The van der Waals surface area contributed by atoms with Gasteiger partial charge < -0.3 is 25.4 Å². The predicted octanol–water partition coefficient (Wildman–Crippen LogP) is 2.61. The number of aromatic nitrogens is 2. The van der Waals surface area contributed by atoms with Gasteiger partial charge in [0.1, 0.15) is 18.8 Å². The number of ether oxygens (including phenoxy) is 2. The van der Waals surface area contributed by atoms with E-state index in [0.29, 0.717) is 43.0 Å². The van der Waals surface area contributed by atoms with Gasteiger partial charge in [-0.3, -0.25) is 4.57 Å². The van der Waals surface area contributed by atoms with Crippen LogP contribution in [0.5, 0.6) is 11.5 Å². The van der Waals surface area contributed by atoms with Gasteiger partial charge in [-0.2, -0.15) is 0 Å². The number of methoxy groups -OCH3 is 1. The summed E-state index contributed by atoms with van der Waals surface area (Å²) in [5.41, 5.74) is 6.11. The molecule has 0 radical (unpaired) electrons. The molecule has 1 fully saturated rings. The van der Waals surface area contributed by atoms with Crippen molar-refractivity contribution in [1.29, 1.82) is 0 Å². The molecule has 1 aliphatic heterocycles. The summed E-state index contributed by atoms with van der Waals surface area (Å²) in [4.78, 5) is 43.3. The van der Waals surface area contributed by atoms with Gasteiger partial charge in [-0.1, -0.05) is 12.1 Å². The minimum absolute atomic E-state index is 0.202. The van der Waals surface area contributed by atoms with Crippen LogP contribution in [0.4, 0.5) is 9.59 Å². The van der Waals surface area contributed by atoms with Crippen molar-refractivity contribution in [3.05, 3.63) is 59.0 Å². The second-order valence-electron chi connectivity index (χ2n) is 9.50. The molecule has 2 aromatic carbocycles. The Labute approximate surface area is 214 Å². The number of nitrogens with two attached hydrogens (primary N) is 1. The highest BCUT2D eigenvalue weighted by Crippen LogP contribution is 2.28. The molecular weight excluding hydrogens is 478 g/mol. The van der Waals surface area contributed by atoms with Crippen LogP contribution in [0.3, 0.4) is 0 Å². The van der Waals surface area contributed by atoms with Gasteiger partial charge in [0.05, 0.1) is 18.1 Å². The molecule has 1 unspecified atom stereocenters. The summed E-state index contributed by atoms with van der Waals surface area (Å²) in [5.74, 6) is 1.60. The van der Waals surface area contributed by atoms with Crippen molar-refractivity contribution in [2.75, 3.05) is 33.3 Å². The normalized spacial score (nSPS) is 20.2. The molecule has 3 aromatic rings. The van der Waals surface area contributed by atoms with E-state index in [1.165, 1.54) is 9.13 Å². The standard InChI is InChI=1S/C26H33N5O6/c1-18(36-24(27)32)17-31(37-21-10-8-20(35-3)9-11-21)14-12-19(13-15-31)16-28-25(33)30-23-7-5-4-6-22(23)29(2)26(30)34/h4-11,18-19H,12-17H2,1-3H3,(H2-,27,28,32,33)/p+1. The number of piperidine rings is 1. The average molecular weight is 513 g/mol. The maximum atomic E-state index is 12.9. The molecule has 4 rings (SSSR count). The van der Waals surface area contributed by atoms with E-state index in [2.05, 4.69) is 5.32 Å². The molecule has 1 saturated heterocycles. The van der Waals surface area contributed by atoms with Crippen molar-refractivity contribution in [3.63, 3.8) is 0 Å². The molecule has 11 heteroatoms. The topological polar surface area (TPSA) is 127 Å². The summed E-state index contributed by atoms with van der Waals surface area (Å²) in [5, 5.41) is 2.93. The zero-order chi connectivity index (χ0) is 26.6. The van der Waals surface area contributed by atoms with Crippen molar-refractivity contribution < 1.29 is 28.5 Å². The van der Waals surface area contributed by atoms with Gasteiger partial charge >= 0.3 is 17.8 Å². The lowest BCUT2D eigenvalue weighted by atomic mass is 9.96. The predicted molar refractivity (Wildman–Crippen MR) is 137 cm³/mol. The molecule has 0 spiro atoms. The smallest absolute Gasteiger partial charge is 0.404 e. The van der Waals surface area contributed by atoms with E-state index in [9.17, 15) is 14.4 Å². The summed E-state index contributed by atoms with van der Waals surface area (Å²) in [6, 6.07) is 14.1. The summed E-state index contributed by atoms with van der Waals surface area (Å²) in [7, 11) is 3.26. The number of nitrogens with zero attached hydrogens (tertiary/aromatic N) is 3. The molecule has 11 nitrogen and oxygen atoms in total. The number of hydrogen-bond acceptors (Lipinski definition) is 6. The van der Waals surface area contributed by atoms with Crippen LogP contribution in [-0.2, 0) is 11.8 Å². The number of hydroxylamine groups is 3. The molecule has 2 heterocycles. The van der Waals surface area contributed by atoms with Crippen LogP contribution >= 0.6 is 0 Å². The number of hydrogen-bond donors (Lipinski definition) is 2. The van der Waals surface area contributed by atoms with Crippen LogP contribution in [0.1, 0.15) is 19.8 Å². The number of imidazole rings is 1. The fourth-order valence-corrected chi connectivity index (χ4v) is 4.97. The number of rotatable bonds is 8. The van der Waals surface area contributed by atoms with Gasteiger partial charge in [-0.05, 0) is 49.2 Å². The van der Waals surface area contributed by atoms with Crippen LogP contribution in [0.2, 0.25) is 0 Å². The Kier molecular flexibility index (Phi) is 7.72. The van der Waals surface area contributed by atoms with Gasteiger partial charge in [0.15, 0.2) is 18.4 Å². The quantitative estimate of drug-likeness (QED) is 0.447. The summed E-state index contributed by atoms with van der Waals surface area (Å²) in [6.07, 6.45) is 0.274. The highest BCUT2D eigenvalue weighted by atomic mass is 16.7. The van der Waals surface area contributed by atoms with Crippen LogP contribution in [-0.4, -0.2) is 65.3 Å². The van der Waals surface area contributed by atoms with Crippen molar-refractivity contribution >= 4 is 23.2 Å². The Balaban J connectivity index is 1.42. The molecule has 198 valence electrons. The summed E-state index contributed by atoms with van der Waals surface area (Å²) >= 11 is 0. The van der Waals surface area contributed by atoms with Crippen LogP contribution < -0.4 is 26.3 Å². The lowest BCUT2D eigenvalue weighted by Gasteiger charge is -2.41. The fourth-order valence-electron chi connectivity index (χ4n) is 4.97. The van der Waals surface area contributed by atoms with E-state index >= 15 is 0 Å². The van der Waals surface area contributed by atoms with Gasteiger partial charge in [0.2, 0.25) is 0 Å². The number of carbonyl (C=O) groups is 2. The zero-order valence-corrected chi connectivity index (χ0v) is 21.4. The van der Waals surface area contributed by atoms with E-state index in [1.807, 2.05) is 36.4 Å². The number of amides is 2. The number of benzene rings is 2. The molecule has 3 N–H and O–H groups in total. The number of quaternary nitrogens is 1. The Morgan fingerprint density at radius 3 is 2.32 bits per heavy atom. The first-order chi connectivity index (χ1) is 17.7. The minimum Gasteiger partial charge on any atom is -0.497 e. The maximum absolute atomic E-state index is 12.9. The Morgan fingerprint density at radius 2 is 1.70 bits per heavy atom. The summed E-state index contributed by atoms with van der Waals surface area (Å²) < 4.78 is 13.3. The van der Waals surface area contributed by atoms with Gasteiger partial charge in [0, 0.05) is 26.4 Å². The van der Waals surface area contributed by atoms with Crippen LogP contribution in [0.15, 0.2) is 53.3 Å². The third kappa shape index (κ3) is 5.88. The second-order valence-corrected chi connectivity index (χ2v) is 9.50. The van der Waals surface area contributed by atoms with Crippen LogP contribution in [0, 0.1) is 5.92 Å². The SMILES string of the molecule is COc1ccc(O[N+]2(CC(C)OC(N)=O)CCC(CNC(=O)n3c(=O)n(C)c4ccccc43)CC2)cc1. The minimum atomic E-state index is -0.823. The van der Waals surface area contributed by atoms with Gasteiger partial charge in [0.25, 0.3) is 0 Å². The fraction of sp³-hybridized carbons (Fsp3) is 0.423. The van der Waals surface area contributed by atoms with Crippen molar-refractivity contribution in [3.8, 4) is 11.5 Å². The highest BCUT2D eigenvalue weighted by Gasteiger charge is 2.39. The number of fused-ring (bicyclic) bond motifs is 1. The van der Waals surface area contributed by atoms with E-state index < -0.39 is 18.2 Å². The Morgan fingerprint density at radius 1 is 1.08 bits per heavy atom. The monoisotopic (exact) mass is 512 g/mol. The third-order valence-electron chi connectivity index (χ3n) is 6.86. The van der Waals surface area contributed by atoms with E-state index in [1.54, 1.807) is 33.2 Å². The number of primary amides is 1. The number of nitrogens with one attached hydrogen (secondary N) is 1. The number of aryl methyl sites for hydroxylation is 1.